The number of benzene rings is 1. The van der Waals surface area contributed by atoms with Crippen molar-refractivity contribution in [2.75, 3.05) is 11.1 Å². The van der Waals surface area contributed by atoms with E-state index in [2.05, 4.69) is 40.4 Å². The van der Waals surface area contributed by atoms with Gasteiger partial charge in [-0.3, -0.25) is 9.78 Å². The van der Waals surface area contributed by atoms with E-state index in [0.29, 0.717) is 10.9 Å². The first-order valence-corrected chi connectivity index (χ1v) is 9.54. The smallest absolute Gasteiger partial charge is 0.236 e. The van der Waals surface area contributed by atoms with Crippen molar-refractivity contribution in [1.29, 1.82) is 0 Å². The molecule has 122 valence electrons. The summed E-state index contributed by atoms with van der Waals surface area (Å²) < 4.78 is 0. The van der Waals surface area contributed by atoms with E-state index in [0.717, 1.165) is 17.1 Å². The number of thiazole rings is 1. The molecule has 0 bridgehead atoms. The molecule has 0 aliphatic carbocycles. The van der Waals surface area contributed by atoms with Gasteiger partial charge in [-0.25, -0.2) is 4.98 Å². The molecule has 3 rings (SSSR count). The van der Waals surface area contributed by atoms with Crippen molar-refractivity contribution in [1.82, 2.24) is 9.97 Å². The van der Waals surface area contributed by atoms with Crippen molar-refractivity contribution in [3.05, 3.63) is 65.2 Å². The molecule has 0 radical (unpaired) electrons. The third-order valence-corrected chi connectivity index (χ3v) is 5.02. The number of carbonyl (C=O) groups excluding carboxylic acids is 1. The van der Waals surface area contributed by atoms with E-state index in [1.165, 1.54) is 22.5 Å². The van der Waals surface area contributed by atoms with E-state index in [4.69, 9.17) is 0 Å². The van der Waals surface area contributed by atoms with Gasteiger partial charge in [-0.15, -0.1) is 23.1 Å². The molecule has 1 N–H and O–H groups in total. The minimum Gasteiger partial charge on any atom is -0.301 e. The van der Waals surface area contributed by atoms with E-state index in [1.807, 2.05) is 29.6 Å². The molecule has 6 heteroatoms. The minimum absolute atomic E-state index is 0.0328. The number of thioether (sulfide) groups is 1. The highest BCUT2D eigenvalue weighted by Gasteiger charge is 2.08. The zero-order valence-electron chi connectivity index (χ0n) is 13.2. The third kappa shape index (κ3) is 4.66. The zero-order valence-corrected chi connectivity index (χ0v) is 14.9. The number of carbonyl (C=O) groups is 1. The number of nitrogens with zero attached hydrogens (tertiary/aromatic N) is 2. The van der Waals surface area contributed by atoms with Crippen LogP contribution in [0.15, 0.2) is 54.0 Å². The maximum absolute atomic E-state index is 12.0. The lowest BCUT2D eigenvalue weighted by molar-refractivity contribution is -0.113. The number of nitrogens with one attached hydrogen (secondary N) is 1. The fraction of sp³-hybridized carbons (Fsp3) is 0.167. The maximum atomic E-state index is 12.0. The number of rotatable bonds is 6. The van der Waals surface area contributed by atoms with Crippen molar-refractivity contribution in [2.24, 2.45) is 0 Å². The number of hydrogen-bond acceptors (Lipinski definition) is 5. The van der Waals surface area contributed by atoms with Gasteiger partial charge < -0.3 is 5.32 Å². The predicted octanol–water partition coefficient (Wildman–Crippen LogP) is 4.39. The SMILES string of the molecule is Cc1cccc(CSCC(=O)Nc2nc(-c3ccccn3)cs2)c1. The minimum atomic E-state index is -0.0328. The van der Waals surface area contributed by atoms with Gasteiger partial charge in [-0.2, -0.15) is 0 Å². The van der Waals surface area contributed by atoms with Crippen molar-refractivity contribution in [2.45, 2.75) is 12.7 Å². The van der Waals surface area contributed by atoms with Gasteiger partial charge in [-0.05, 0) is 24.6 Å². The standard InChI is InChI=1S/C18H17N3OS2/c1-13-5-4-6-14(9-13)10-23-12-17(22)21-18-20-16(11-24-18)15-7-2-3-8-19-15/h2-9,11H,10,12H2,1H3,(H,20,21,22). The molecular weight excluding hydrogens is 338 g/mol. The van der Waals surface area contributed by atoms with Crippen molar-refractivity contribution in [3.63, 3.8) is 0 Å². The van der Waals surface area contributed by atoms with Crippen LogP contribution < -0.4 is 5.32 Å². The Morgan fingerprint density at radius 3 is 2.92 bits per heavy atom. The number of aryl methyl sites for hydroxylation is 1. The number of aromatic nitrogens is 2. The second kappa shape index (κ2) is 8.08. The fourth-order valence-electron chi connectivity index (χ4n) is 2.18. The van der Waals surface area contributed by atoms with E-state index in [-0.39, 0.29) is 5.91 Å². The molecule has 24 heavy (non-hydrogen) atoms. The highest BCUT2D eigenvalue weighted by molar-refractivity contribution is 7.99. The summed E-state index contributed by atoms with van der Waals surface area (Å²) in [5, 5.41) is 5.36. The largest absolute Gasteiger partial charge is 0.301 e. The van der Waals surface area contributed by atoms with Gasteiger partial charge >= 0.3 is 0 Å². The van der Waals surface area contributed by atoms with Crippen LogP contribution in [0.3, 0.4) is 0 Å². The Kier molecular flexibility index (Phi) is 5.61. The van der Waals surface area contributed by atoms with Gasteiger partial charge in [0.2, 0.25) is 5.91 Å². The normalized spacial score (nSPS) is 10.5. The van der Waals surface area contributed by atoms with E-state index in [1.54, 1.807) is 18.0 Å². The van der Waals surface area contributed by atoms with Crippen LogP contribution in [0, 0.1) is 6.92 Å². The molecule has 4 nitrogen and oxygen atoms in total. The fourth-order valence-corrected chi connectivity index (χ4v) is 3.68. The van der Waals surface area contributed by atoms with Gasteiger partial charge in [0.05, 0.1) is 11.4 Å². The quantitative estimate of drug-likeness (QED) is 0.713. The summed E-state index contributed by atoms with van der Waals surface area (Å²) in [7, 11) is 0. The van der Waals surface area contributed by atoms with Crippen LogP contribution in [0.4, 0.5) is 5.13 Å². The third-order valence-electron chi connectivity index (χ3n) is 3.26. The average molecular weight is 355 g/mol. The lowest BCUT2D eigenvalue weighted by Crippen LogP contribution is -2.14. The molecule has 0 fully saturated rings. The van der Waals surface area contributed by atoms with Crippen LogP contribution in [0.1, 0.15) is 11.1 Å². The van der Waals surface area contributed by atoms with Crippen molar-refractivity contribution < 1.29 is 4.79 Å². The molecule has 1 amide bonds. The lowest BCUT2D eigenvalue weighted by atomic mass is 10.2. The highest BCUT2D eigenvalue weighted by atomic mass is 32.2. The second-order valence-corrected chi connectivity index (χ2v) is 7.13. The van der Waals surface area contributed by atoms with Crippen LogP contribution >= 0.6 is 23.1 Å². The molecule has 0 spiro atoms. The predicted molar refractivity (Wildman–Crippen MR) is 101 cm³/mol. The lowest BCUT2D eigenvalue weighted by Gasteiger charge is -2.03. The van der Waals surface area contributed by atoms with E-state index in [9.17, 15) is 4.79 Å². The van der Waals surface area contributed by atoms with Gasteiger partial charge in [-0.1, -0.05) is 35.9 Å². The van der Waals surface area contributed by atoms with Gasteiger partial charge in [0, 0.05) is 17.3 Å². The van der Waals surface area contributed by atoms with Crippen LogP contribution in [-0.2, 0) is 10.5 Å². The average Bonchev–Trinajstić information content (AvgIpc) is 3.04. The topological polar surface area (TPSA) is 54.9 Å². The Balaban J connectivity index is 1.49. The summed E-state index contributed by atoms with van der Waals surface area (Å²) in [4.78, 5) is 20.7. The molecule has 0 unspecified atom stereocenters. The van der Waals surface area contributed by atoms with Gasteiger partial charge in [0.1, 0.15) is 5.69 Å². The summed E-state index contributed by atoms with van der Waals surface area (Å²) in [6.07, 6.45) is 1.73. The number of amides is 1. The molecule has 0 aliphatic rings. The van der Waals surface area contributed by atoms with Crippen LogP contribution in [0.2, 0.25) is 0 Å². The van der Waals surface area contributed by atoms with E-state index < -0.39 is 0 Å². The molecule has 0 atom stereocenters. The monoisotopic (exact) mass is 355 g/mol. The highest BCUT2D eigenvalue weighted by Crippen LogP contribution is 2.23. The molecule has 0 saturated carbocycles. The number of anilines is 1. The molecule has 3 aromatic rings. The summed E-state index contributed by atoms with van der Waals surface area (Å²) in [5.41, 5.74) is 4.06. The van der Waals surface area contributed by atoms with Gasteiger partial charge in [0.25, 0.3) is 0 Å². The van der Waals surface area contributed by atoms with Crippen LogP contribution in [0.25, 0.3) is 11.4 Å². The Bertz CT molecular complexity index is 818. The zero-order chi connectivity index (χ0) is 16.8. The van der Waals surface area contributed by atoms with Crippen LogP contribution in [-0.4, -0.2) is 21.6 Å². The Morgan fingerprint density at radius 2 is 2.12 bits per heavy atom. The van der Waals surface area contributed by atoms with Crippen molar-refractivity contribution in [3.8, 4) is 11.4 Å². The Hall–Kier alpha value is -2.18. The summed E-state index contributed by atoms with van der Waals surface area (Å²) in [5.74, 6) is 1.20. The molecular formula is C18H17N3OS2. The summed E-state index contributed by atoms with van der Waals surface area (Å²) in [6.45, 7) is 2.07. The van der Waals surface area contributed by atoms with Gasteiger partial charge in [0.15, 0.2) is 5.13 Å². The van der Waals surface area contributed by atoms with Crippen molar-refractivity contribution >= 4 is 34.1 Å². The maximum Gasteiger partial charge on any atom is 0.236 e. The molecule has 2 heterocycles. The first kappa shape index (κ1) is 16.7. The summed E-state index contributed by atoms with van der Waals surface area (Å²) in [6, 6.07) is 14.0. The Labute approximate surface area is 149 Å². The number of pyridine rings is 1. The van der Waals surface area contributed by atoms with Crippen LogP contribution in [0.5, 0.6) is 0 Å². The first-order chi connectivity index (χ1) is 11.7. The summed E-state index contributed by atoms with van der Waals surface area (Å²) >= 11 is 3.01. The first-order valence-electron chi connectivity index (χ1n) is 7.51. The van der Waals surface area contributed by atoms with E-state index >= 15 is 0 Å². The Morgan fingerprint density at radius 1 is 1.21 bits per heavy atom. The second-order valence-electron chi connectivity index (χ2n) is 5.28. The molecule has 0 saturated heterocycles. The number of hydrogen-bond donors (Lipinski definition) is 1. The molecule has 2 aromatic heterocycles. The molecule has 0 aliphatic heterocycles. The molecule has 1 aromatic carbocycles.